The number of non-ortho nitro benzene ring substituents is 1. The second kappa shape index (κ2) is 8.15. The van der Waals surface area contributed by atoms with E-state index in [4.69, 9.17) is 16.3 Å². The summed E-state index contributed by atoms with van der Waals surface area (Å²) in [7, 11) is -4.16. The van der Waals surface area contributed by atoms with Gasteiger partial charge in [0.2, 0.25) is 0 Å². The summed E-state index contributed by atoms with van der Waals surface area (Å²) in [5.74, 6) is -0.729. The van der Waals surface area contributed by atoms with Crippen molar-refractivity contribution < 1.29 is 22.9 Å². The number of ether oxygens (including phenoxy) is 1. The maximum atomic E-state index is 13.0. The summed E-state index contributed by atoms with van der Waals surface area (Å²) in [5.41, 5.74) is -0.0341. The fraction of sp³-hybridized carbons (Fsp3) is 0.188. The summed E-state index contributed by atoms with van der Waals surface area (Å²) in [5, 5.41) is 11.1. The molecule has 0 saturated heterocycles. The number of benzene rings is 2. The molecule has 26 heavy (non-hydrogen) atoms. The summed E-state index contributed by atoms with van der Waals surface area (Å²) >= 11 is 5.83. The average molecular weight is 399 g/mol. The molecule has 0 amide bonds. The molecule has 0 spiro atoms. The van der Waals surface area contributed by atoms with Gasteiger partial charge in [-0.2, -0.15) is 0 Å². The topological polar surface area (TPSA) is 107 Å². The minimum Gasteiger partial charge on any atom is -0.465 e. The number of sulfonamides is 1. The molecule has 0 aliphatic carbocycles. The van der Waals surface area contributed by atoms with E-state index in [2.05, 4.69) is 0 Å². The Labute approximate surface area is 155 Å². The fourth-order valence-corrected chi connectivity index (χ4v) is 3.65. The second-order valence-electron chi connectivity index (χ2n) is 5.04. The van der Waals surface area contributed by atoms with Crippen molar-refractivity contribution in [3.8, 4) is 0 Å². The minimum absolute atomic E-state index is 0.102. The van der Waals surface area contributed by atoms with Gasteiger partial charge in [-0.25, -0.2) is 8.42 Å². The van der Waals surface area contributed by atoms with E-state index in [-0.39, 0.29) is 22.9 Å². The Bertz CT molecular complexity index is 897. The van der Waals surface area contributed by atoms with Crippen LogP contribution in [0.1, 0.15) is 6.92 Å². The quantitative estimate of drug-likeness (QED) is 0.403. The fourth-order valence-electron chi connectivity index (χ4n) is 2.11. The van der Waals surface area contributed by atoms with E-state index in [1.807, 2.05) is 0 Å². The lowest BCUT2D eigenvalue weighted by atomic mass is 10.3. The number of hydrogen-bond donors (Lipinski definition) is 0. The normalized spacial score (nSPS) is 11.0. The molecule has 0 heterocycles. The summed E-state index contributed by atoms with van der Waals surface area (Å²) in [6, 6.07) is 10.3. The lowest BCUT2D eigenvalue weighted by Gasteiger charge is -2.23. The Morgan fingerprint density at radius 1 is 1.15 bits per heavy atom. The lowest BCUT2D eigenvalue weighted by Crippen LogP contribution is -2.36. The van der Waals surface area contributed by atoms with Gasteiger partial charge in [0, 0.05) is 17.2 Å². The third-order valence-corrected chi connectivity index (χ3v) is 5.37. The van der Waals surface area contributed by atoms with Crippen LogP contribution in [-0.4, -0.2) is 32.5 Å². The molecule has 0 N–H and O–H groups in total. The molecule has 10 heteroatoms. The molecule has 0 radical (unpaired) electrons. The zero-order chi connectivity index (χ0) is 19.3. The first-order chi connectivity index (χ1) is 12.3. The summed E-state index contributed by atoms with van der Waals surface area (Å²) in [6.07, 6.45) is 0. The Morgan fingerprint density at radius 3 is 2.23 bits per heavy atom. The molecule has 0 fully saturated rings. The van der Waals surface area contributed by atoms with Crippen molar-refractivity contribution in [3.05, 3.63) is 63.7 Å². The van der Waals surface area contributed by atoms with Gasteiger partial charge in [-0.15, -0.1) is 0 Å². The van der Waals surface area contributed by atoms with E-state index in [1.165, 1.54) is 24.3 Å². The highest BCUT2D eigenvalue weighted by Gasteiger charge is 2.28. The number of rotatable bonds is 7. The standard InChI is InChI=1S/C16H15ClN2O6S/c1-2-25-16(20)11-18(13-5-3-12(17)4-6-13)26(23,24)15-9-7-14(8-10-15)19(21)22/h3-10H,2,11H2,1H3. The van der Waals surface area contributed by atoms with Crippen molar-refractivity contribution >= 4 is 39.0 Å². The highest BCUT2D eigenvalue weighted by molar-refractivity contribution is 7.92. The van der Waals surface area contributed by atoms with Crippen molar-refractivity contribution in [1.29, 1.82) is 0 Å². The minimum atomic E-state index is -4.16. The number of halogens is 1. The number of nitro benzene ring substituents is 1. The summed E-state index contributed by atoms with van der Waals surface area (Å²) in [4.78, 5) is 21.8. The molecule has 0 saturated carbocycles. The molecule has 0 unspecified atom stereocenters. The van der Waals surface area contributed by atoms with E-state index >= 15 is 0 Å². The zero-order valence-corrected chi connectivity index (χ0v) is 15.2. The SMILES string of the molecule is CCOC(=O)CN(c1ccc(Cl)cc1)S(=O)(=O)c1ccc([N+](=O)[O-])cc1. The Kier molecular flexibility index (Phi) is 6.17. The average Bonchev–Trinajstić information content (AvgIpc) is 2.61. The zero-order valence-electron chi connectivity index (χ0n) is 13.7. The lowest BCUT2D eigenvalue weighted by molar-refractivity contribution is -0.384. The van der Waals surface area contributed by atoms with Gasteiger partial charge >= 0.3 is 5.97 Å². The van der Waals surface area contributed by atoms with Gasteiger partial charge in [0.15, 0.2) is 0 Å². The molecule has 0 aliphatic heterocycles. The van der Waals surface area contributed by atoms with Crippen LogP contribution in [0.15, 0.2) is 53.4 Å². The van der Waals surface area contributed by atoms with Crippen molar-refractivity contribution in [3.63, 3.8) is 0 Å². The third kappa shape index (κ3) is 4.50. The summed E-state index contributed by atoms with van der Waals surface area (Å²) < 4.78 is 31.6. The van der Waals surface area contributed by atoms with E-state index in [0.29, 0.717) is 5.02 Å². The van der Waals surface area contributed by atoms with Crippen LogP contribution in [0.3, 0.4) is 0 Å². The smallest absolute Gasteiger partial charge is 0.326 e. The first-order valence-corrected chi connectivity index (χ1v) is 9.26. The van der Waals surface area contributed by atoms with Crippen LogP contribution in [0.5, 0.6) is 0 Å². The predicted molar refractivity (Wildman–Crippen MR) is 95.7 cm³/mol. The van der Waals surface area contributed by atoms with Gasteiger partial charge in [-0.3, -0.25) is 19.2 Å². The largest absolute Gasteiger partial charge is 0.465 e. The predicted octanol–water partition coefficient (Wildman–Crippen LogP) is 3.01. The molecule has 138 valence electrons. The van der Waals surface area contributed by atoms with Crippen molar-refractivity contribution in [2.24, 2.45) is 0 Å². The van der Waals surface area contributed by atoms with E-state index in [0.717, 1.165) is 28.6 Å². The highest BCUT2D eigenvalue weighted by atomic mass is 35.5. The van der Waals surface area contributed by atoms with Gasteiger partial charge in [-0.05, 0) is 43.3 Å². The molecule has 0 bridgehead atoms. The van der Waals surface area contributed by atoms with Crippen LogP contribution in [0.4, 0.5) is 11.4 Å². The first-order valence-electron chi connectivity index (χ1n) is 7.44. The van der Waals surface area contributed by atoms with E-state index in [9.17, 15) is 23.3 Å². The Hall–Kier alpha value is -2.65. The van der Waals surface area contributed by atoms with Crippen molar-refractivity contribution in [2.45, 2.75) is 11.8 Å². The molecular weight excluding hydrogens is 384 g/mol. The van der Waals surface area contributed by atoms with Crippen molar-refractivity contribution in [1.82, 2.24) is 0 Å². The number of esters is 1. The van der Waals surface area contributed by atoms with Gasteiger partial charge in [0.1, 0.15) is 6.54 Å². The van der Waals surface area contributed by atoms with Crippen LogP contribution < -0.4 is 4.31 Å². The van der Waals surface area contributed by atoms with Gasteiger partial charge < -0.3 is 4.74 Å². The number of carbonyl (C=O) groups is 1. The molecule has 2 rings (SSSR count). The Morgan fingerprint density at radius 2 is 1.73 bits per heavy atom. The van der Waals surface area contributed by atoms with Crippen LogP contribution in [0, 0.1) is 10.1 Å². The van der Waals surface area contributed by atoms with Crippen LogP contribution in [0.25, 0.3) is 0 Å². The van der Waals surface area contributed by atoms with Gasteiger partial charge in [-0.1, -0.05) is 11.6 Å². The highest BCUT2D eigenvalue weighted by Crippen LogP contribution is 2.26. The molecule has 2 aromatic carbocycles. The number of nitro groups is 1. The second-order valence-corrected chi connectivity index (χ2v) is 7.34. The third-order valence-electron chi connectivity index (χ3n) is 3.33. The molecular formula is C16H15ClN2O6S. The maximum Gasteiger partial charge on any atom is 0.326 e. The van der Waals surface area contributed by atoms with Crippen molar-refractivity contribution in [2.75, 3.05) is 17.5 Å². The molecule has 0 atom stereocenters. The van der Waals surface area contributed by atoms with Crippen LogP contribution >= 0.6 is 11.6 Å². The van der Waals surface area contributed by atoms with Crippen LogP contribution in [0.2, 0.25) is 5.02 Å². The van der Waals surface area contributed by atoms with Gasteiger partial charge in [0.25, 0.3) is 15.7 Å². The van der Waals surface area contributed by atoms with E-state index < -0.39 is 27.5 Å². The molecule has 0 aromatic heterocycles. The monoisotopic (exact) mass is 398 g/mol. The number of carbonyl (C=O) groups excluding carboxylic acids is 1. The maximum absolute atomic E-state index is 13.0. The van der Waals surface area contributed by atoms with Gasteiger partial charge in [0.05, 0.1) is 22.1 Å². The summed E-state index contributed by atoms with van der Waals surface area (Å²) in [6.45, 7) is 1.16. The number of hydrogen-bond acceptors (Lipinski definition) is 6. The molecule has 2 aromatic rings. The van der Waals surface area contributed by atoms with E-state index in [1.54, 1.807) is 6.92 Å². The number of nitrogens with zero attached hydrogens (tertiary/aromatic N) is 2. The van der Waals surface area contributed by atoms with Crippen LogP contribution in [-0.2, 0) is 19.6 Å². The number of anilines is 1. The molecule has 0 aliphatic rings. The molecule has 8 nitrogen and oxygen atoms in total. The Balaban J connectivity index is 2.46. The first kappa shape index (κ1) is 19.7.